The van der Waals surface area contributed by atoms with Crippen molar-refractivity contribution in [3.8, 4) is 11.6 Å². The van der Waals surface area contributed by atoms with Crippen LogP contribution >= 0.6 is 11.6 Å². The zero-order valence-corrected chi connectivity index (χ0v) is 26.5. The Bertz CT molecular complexity index is 1620. The first-order chi connectivity index (χ1) is 21.4. The third-order valence-electron chi connectivity index (χ3n) is 8.06. The van der Waals surface area contributed by atoms with Crippen LogP contribution in [-0.4, -0.2) is 79.3 Å². The van der Waals surface area contributed by atoms with E-state index in [1.54, 1.807) is 33.8 Å². The Morgan fingerprint density at radius 1 is 1.13 bits per heavy atom. The summed E-state index contributed by atoms with van der Waals surface area (Å²) in [5.41, 5.74) is 5.12. The number of benzene rings is 1. The van der Waals surface area contributed by atoms with Crippen LogP contribution in [0.5, 0.6) is 5.88 Å². The van der Waals surface area contributed by atoms with Crippen molar-refractivity contribution in [2.45, 2.75) is 70.9 Å². The number of nitrogens with two attached hydrogens (primary N) is 1. The lowest BCUT2D eigenvalue weighted by Crippen LogP contribution is -2.45. The monoisotopic (exact) mass is 665 g/mol. The molecule has 2 atom stereocenters. The van der Waals surface area contributed by atoms with Gasteiger partial charge in [-0.1, -0.05) is 17.7 Å². The second kappa shape index (κ2) is 12.2. The van der Waals surface area contributed by atoms with Crippen LogP contribution in [0.3, 0.4) is 0 Å². The highest BCUT2D eigenvalue weighted by atomic mass is 35.5. The van der Waals surface area contributed by atoms with Crippen molar-refractivity contribution in [1.82, 2.24) is 24.6 Å². The molecule has 1 unspecified atom stereocenters. The van der Waals surface area contributed by atoms with Crippen LogP contribution in [0.25, 0.3) is 5.69 Å². The van der Waals surface area contributed by atoms with Gasteiger partial charge in [-0.15, -0.1) is 0 Å². The van der Waals surface area contributed by atoms with Crippen LogP contribution in [0.15, 0.2) is 36.5 Å². The average molecular weight is 666 g/mol. The zero-order valence-electron chi connectivity index (χ0n) is 25.7. The van der Waals surface area contributed by atoms with E-state index in [1.165, 1.54) is 40.0 Å². The van der Waals surface area contributed by atoms with Crippen molar-refractivity contribution < 1.29 is 37.3 Å². The van der Waals surface area contributed by atoms with E-state index in [0.29, 0.717) is 31.6 Å². The van der Waals surface area contributed by atoms with Gasteiger partial charge in [0.1, 0.15) is 17.5 Å². The smallest absolute Gasteiger partial charge is 0.429 e. The number of carboxylic acid groups (broad SMARTS) is 1. The second-order valence-electron chi connectivity index (χ2n) is 12.7. The van der Waals surface area contributed by atoms with Crippen LogP contribution < -0.4 is 15.4 Å². The standard InChI is InChI=1S/C30H35ClF3N7O5/c1-17-7-10-41(38-17)20-13-18(31)5-6-19(20)24(30(32,33)34)45-23-14-22(36-26(35)37-23)39-11-8-29(9-12-39)15-21(25(42)43)40(16-29)27(44)46-28(2,3)4/h5-7,10,13-14,21,24H,8-9,11-12,15-16H2,1-4H3,(H,42,43)(H2,35,36,37)/t21?,24-/m1/s1. The minimum Gasteiger partial charge on any atom is -0.480 e. The first kappa shape index (κ1) is 33.1. The third kappa shape index (κ3) is 7.24. The quantitative estimate of drug-likeness (QED) is 0.342. The fourth-order valence-electron chi connectivity index (χ4n) is 5.93. The largest absolute Gasteiger partial charge is 0.480 e. The maximum atomic E-state index is 14.5. The minimum atomic E-state index is -4.86. The highest BCUT2D eigenvalue weighted by Gasteiger charge is 2.51. The zero-order chi connectivity index (χ0) is 33.6. The lowest BCUT2D eigenvalue weighted by atomic mass is 9.76. The molecule has 2 aliphatic heterocycles. The van der Waals surface area contributed by atoms with E-state index in [-0.39, 0.29) is 46.9 Å². The van der Waals surface area contributed by atoms with Crippen LogP contribution in [0, 0.1) is 12.3 Å². The van der Waals surface area contributed by atoms with Crippen molar-refractivity contribution in [1.29, 1.82) is 0 Å². The van der Waals surface area contributed by atoms with Gasteiger partial charge in [-0.25, -0.2) is 14.3 Å². The van der Waals surface area contributed by atoms with Crippen molar-refractivity contribution in [3.05, 3.63) is 52.8 Å². The van der Waals surface area contributed by atoms with Gasteiger partial charge in [0.25, 0.3) is 0 Å². The molecule has 248 valence electrons. The highest BCUT2D eigenvalue weighted by Crippen LogP contribution is 2.45. The van der Waals surface area contributed by atoms with E-state index in [1.807, 2.05) is 4.90 Å². The number of aliphatic carboxylic acids is 1. The summed E-state index contributed by atoms with van der Waals surface area (Å²) in [5, 5.41) is 14.3. The summed E-state index contributed by atoms with van der Waals surface area (Å²) in [7, 11) is 0. The molecule has 46 heavy (non-hydrogen) atoms. The van der Waals surface area contributed by atoms with Gasteiger partial charge in [-0.05, 0) is 70.6 Å². The fourth-order valence-corrected chi connectivity index (χ4v) is 6.09. The van der Waals surface area contributed by atoms with E-state index in [4.69, 9.17) is 26.8 Å². The van der Waals surface area contributed by atoms with Crippen molar-refractivity contribution >= 4 is 35.4 Å². The van der Waals surface area contributed by atoms with Gasteiger partial charge < -0.3 is 25.2 Å². The van der Waals surface area contributed by atoms with E-state index < -0.39 is 41.4 Å². The molecule has 0 saturated carbocycles. The number of alkyl halides is 3. The van der Waals surface area contributed by atoms with E-state index in [0.717, 1.165) is 0 Å². The molecule has 0 bridgehead atoms. The first-order valence-electron chi connectivity index (χ1n) is 14.6. The molecule has 16 heteroatoms. The number of carbonyl (C=O) groups is 2. The number of nitrogens with zero attached hydrogens (tertiary/aromatic N) is 6. The van der Waals surface area contributed by atoms with Gasteiger partial charge in [0, 0.05) is 42.5 Å². The molecule has 1 spiro atoms. The topological polar surface area (TPSA) is 149 Å². The first-order valence-corrected chi connectivity index (χ1v) is 15.0. The number of ether oxygens (including phenoxy) is 2. The third-order valence-corrected chi connectivity index (χ3v) is 8.29. The number of aromatic nitrogens is 4. The number of rotatable bonds is 6. The van der Waals surface area contributed by atoms with E-state index >= 15 is 0 Å². The predicted octanol–water partition coefficient (Wildman–Crippen LogP) is 5.57. The molecular formula is C30H35ClF3N7O5. The van der Waals surface area contributed by atoms with Gasteiger partial charge in [0.05, 0.1) is 11.4 Å². The molecular weight excluding hydrogens is 631 g/mol. The number of likely N-dealkylation sites (tertiary alicyclic amines) is 1. The molecule has 3 N–H and O–H groups in total. The molecule has 2 fully saturated rings. The van der Waals surface area contributed by atoms with Crippen molar-refractivity contribution in [2.75, 3.05) is 30.3 Å². The maximum absolute atomic E-state index is 14.5. The Balaban J connectivity index is 1.36. The van der Waals surface area contributed by atoms with Crippen LogP contribution in [-0.2, 0) is 9.53 Å². The van der Waals surface area contributed by atoms with E-state index in [9.17, 15) is 27.9 Å². The number of piperidine rings is 1. The molecule has 2 saturated heterocycles. The number of hydrogen-bond acceptors (Lipinski definition) is 9. The lowest BCUT2D eigenvalue weighted by Gasteiger charge is -2.39. The number of hydrogen-bond donors (Lipinski definition) is 2. The summed E-state index contributed by atoms with van der Waals surface area (Å²) in [5.74, 6) is -1.52. The van der Waals surface area contributed by atoms with E-state index in [2.05, 4.69) is 15.1 Å². The molecule has 0 aliphatic carbocycles. The molecule has 1 amide bonds. The summed E-state index contributed by atoms with van der Waals surface area (Å²) >= 11 is 6.14. The Hall–Kier alpha value is -4.27. The summed E-state index contributed by atoms with van der Waals surface area (Å²) in [6.45, 7) is 7.81. The van der Waals surface area contributed by atoms with Gasteiger partial charge in [-0.3, -0.25) is 4.90 Å². The predicted molar refractivity (Wildman–Crippen MR) is 162 cm³/mol. The summed E-state index contributed by atoms with van der Waals surface area (Å²) in [4.78, 5) is 36.2. The van der Waals surface area contributed by atoms with Gasteiger partial charge in [0.2, 0.25) is 17.9 Å². The number of anilines is 2. The van der Waals surface area contributed by atoms with Crippen molar-refractivity contribution in [3.63, 3.8) is 0 Å². The molecule has 5 rings (SSSR count). The summed E-state index contributed by atoms with van der Waals surface area (Å²) < 4.78 is 55.9. The molecule has 1 aromatic carbocycles. The Morgan fingerprint density at radius 3 is 2.41 bits per heavy atom. The molecule has 2 aromatic heterocycles. The van der Waals surface area contributed by atoms with Gasteiger partial charge in [0.15, 0.2) is 0 Å². The average Bonchev–Trinajstić information content (AvgIpc) is 3.55. The molecule has 12 nitrogen and oxygen atoms in total. The number of halogens is 4. The van der Waals surface area contributed by atoms with Crippen LogP contribution in [0.1, 0.15) is 57.4 Å². The molecule has 0 radical (unpaired) electrons. The number of carboxylic acids is 1. The van der Waals surface area contributed by atoms with Crippen LogP contribution in [0.4, 0.5) is 29.7 Å². The highest BCUT2D eigenvalue weighted by molar-refractivity contribution is 6.30. The second-order valence-corrected chi connectivity index (χ2v) is 13.2. The SMILES string of the molecule is Cc1ccn(-c2cc(Cl)ccc2[C@@H](Oc2cc(N3CCC4(CC3)CC(C(=O)O)N(C(=O)OC(C)(C)C)C4)nc(N)n2)C(F)(F)F)n1. The Kier molecular flexibility index (Phi) is 8.75. The Morgan fingerprint density at radius 2 is 1.83 bits per heavy atom. The lowest BCUT2D eigenvalue weighted by molar-refractivity contribution is -0.198. The number of nitrogen functional groups attached to an aromatic ring is 1. The minimum absolute atomic E-state index is 0.0863. The molecule has 2 aliphatic rings. The summed E-state index contributed by atoms with van der Waals surface area (Å²) in [6, 6.07) is 5.85. The maximum Gasteiger partial charge on any atom is 0.429 e. The number of carbonyl (C=O) groups excluding carboxylic acids is 1. The normalized spacial score (nSPS) is 18.9. The Labute approximate surface area is 268 Å². The molecule has 3 aromatic rings. The van der Waals surface area contributed by atoms with Gasteiger partial charge >= 0.3 is 18.2 Å². The van der Waals surface area contributed by atoms with Crippen LogP contribution in [0.2, 0.25) is 5.02 Å². The summed E-state index contributed by atoms with van der Waals surface area (Å²) in [6.07, 6.45) is -5.21. The van der Waals surface area contributed by atoms with Gasteiger partial charge in [-0.2, -0.15) is 28.2 Å². The fraction of sp³-hybridized carbons (Fsp3) is 0.500. The molecule has 4 heterocycles. The number of aryl methyl sites for hydroxylation is 1. The van der Waals surface area contributed by atoms with Crippen molar-refractivity contribution in [2.24, 2.45) is 5.41 Å². The number of amides is 1.